The van der Waals surface area contributed by atoms with Crippen LogP contribution in [0.5, 0.6) is 0 Å². The van der Waals surface area contributed by atoms with Gasteiger partial charge in [-0.05, 0) is 0 Å². The van der Waals surface area contributed by atoms with Gasteiger partial charge in [0.15, 0.2) is 0 Å². The molecule has 4 rings (SSSR count). The molecule has 2 aliphatic heterocycles. The molecule has 0 N–H and O–H groups in total. The first-order valence-electron chi connectivity index (χ1n) is 11.5. The van der Waals surface area contributed by atoms with Crippen LogP contribution in [0.25, 0.3) is 11.2 Å². The average molecular weight is 562 g/mol. The second-order valence-electron chi connectivity index (χ2n) is 10.1. The molecule has 1 unspecified atom stereocenters. The quantitative estimate of drug-likeness (QED) is 0.358. The van der Waals surface area contributed by atoms with Crippen LogP contribution in [0.1, 0.15) is 60.3 Å². The monoisotopic (exact) mass is 562 g/mol. The van der Waals surface area contributed by atoms with E-state index in [-0.39, 0.29) is 32.1 Å². The number of hydrogen-bond donors (Lipinski definition) is 0. The van der Waals surface area contributed by atoms with Gasteiger partial charge in [0.2, 0.25) is 0 Å². The zero-order chi connectivity index (χ0) is 23.4. The van der Waals surface area contributed by atoms with Gasteiger partial charge in [0.1, 0.15) is 0 Å². The first-order valence-corrected chi connectivity index (χ1v) is 18.1. The summed E-state index contributed by atoms with van der Waals surface area (Å²) >= 11 is 6.57. The number of rotatable bonds is 5. The Bertz CT molecular complexity index is 958. The van der Waals surface area contributed by atoms with Crippen LogP contribution < -0.4 is 0 Å². The fourth-order valence-electron chi connectivity index (χ4n) is 5.15. The van der Waals surface area contributed by atoms with Crippen molar-refractivity contribution in [1.29, 1.82) is 0 Å². The maximum absolute atomic E-state index is 7.31. The standard InChI is InChI=1S/C21H35ClN4O3SeSi2/c1-12(2)31(13(3)4)27-16-9-30-21(18(16)28-32(29-31,14(5)6)15(7)8)26-11-25-17-19(22)23-10-24-20(17)26/h10-16,18,21H,9H2,1-8H3/t16-,18+,21?/m0/s1. The molecule has 0 saturated carbocycles. The van der Waals surface area contributed by atoms with Crippen molar-refractivity contribution >= 4 is 54.8 Å². The molecule has 4 heterocycles. The summed E-state index contributed by atoms with van der Waals surface area (Å²) in [5, 5.41) is 1.38. The maximum atomic E-state index is 7.31. The molecule has 0 bridgehead atoms. The Morgan fingerprint density at radius 3 is 2.12 bits per heavy atom. The van der Waals surface area contributed by atoms with E-state index in [4.69, 9.17) is 24.6 Å². The van der Waals surface area contributed by atoms with Crippen molar-refractivity contribution in [3.63, 3.8) is 0 Å². The van der Waals surface area contributed by atoms with Gasteiger partial charge in [-0.3, -0.25) is 0 Å². The molecule has 178 valence electrons. The summed E-state index contributed by atoms with van der Waals surface area (Å²) in [5.41, 5.74) is 2.74. The normalized spacial score (nSPS) is 27.6. The molecule has 2 aromatic rings. The second-order valence-corrected chi connectivity index (χ2v) is 21.7. The molecule has 0 amide bonds. The van der Waals surface area contributed by atoms with E-state index >= 15 is 0 Å². The van der Waals surface area contributed by atoms with Crippen molar-refractivity contribution in [1.82, 2.24) is 19.5 Å². The Hall–Kier alpha value is -0.327. The molecule has 32 heavy (non-hydrogen) atoms. The van der Waals surface area contributed by atoms with E-state index in [1.54, 1.807) is 0 Å². The number of aromatic nitrogens is 4. The number of fused-ring (bicyclic) bond motifs is 2. The van der Waals surface area contributed by atoms with Gasteiger partial charge < -0.3 is 0 Å². The molecule has 0 aliphatic carbocycles. The van der Waals surface area contributed by atoms with Crippen LogP contribution in [0.2, 0.25) is 32.6 Å². The molecular weight excluding hydrogens is 527 g/mol. The summed E-state index contributed by atoms with van der Waals surface area (Å²) in [4.78, 5) is 13.3. The molecule has 0 aromatic carbocycles. The van der Waals surface area contributed by atoms with Gasteiger partial charge >= 0.3 is 205 Å². The Morgan fingerprint density at radius 2 is 1.53 bits per heavy atom. The van der Waals surface area contributed by atoms with Crippen molar-refractivity contribution in [3.05, 3.63) is 17.8 Å². The van der Waals surface area contributed by atoms with Crippen molar-refractivity contribution < 1.29 is 13.0 Å². The molecule has 3 atom stereocenters. The van der Waals surface area contributed by atoms with Crippen LogP contribution >= 0.6 is 11.6 Å². The van der Waals surface area contributed by atoms with Crippen LogP contribution in [0, 0.1) is 0 Å². The third-order valence-electron chi connectivity index (χ3n) is 6.86. The summed E-state index contributed by atoms with van der Waals surface area (Å²) in [6.07, 6.45) is 3.33. The fraction of sp³-hybridized carbons (Fsp3) is 0.762. The Labute approximate surface area is 204 Å². The molecule has 11 heteroatoms. The predicted octanol–water partition coefficient (Wildman–Crippen LogP) is 5.44. The molecule has 2 fully saturated rings. The second kappa shape index (κ2) is 9.04. The van der Waals surface area contributed by atoms with Crippen LogP contribution in [-0.4, -0.2) is 63.8 Å². The topological polar surface area (TPSA) is 71.3 Å². The summed E-state index contributed by atoms with van der Waals surface area (Å²) in [7, 11) is -5.15. The summed E-state index contributed by atoms with van der Waals surface area (Å²) in [6.45, 7) is 18.1. The zero-order valence-electron chi connectivity index (χ0n) is 20.2. The SMILES string of the molecule is CC(C)[Si]1(C(C)C)O[C@H]2C[Se]C(n3cnc4c(Cl)ncnc43)[C@@H]2O[Si](C(C)C)(C(C)C)O1. The Kier molecular flexibility index (Phi) is 7.00. The van der Waals surface area contributed by atoms with E-state index in [1.165, 1.54) is 6.33 Å². The summed E-state index contributed by atoms with van der Waals surface area (Å²) in [5.74, 6) is 0. The molecule has 7 nitrogen and oxygen atoms in total. The van der Waals surface area contributed by atoms with Gasteiger partial charge in [0, 0.05) is 0 Å². The van der Waals surface area contributed by atoms with Gasteiger partial charge in [-0.15, -0.1) is 0 Å². The Balaban J connectivity index is 1.83. The van der Waals surface area contributed by atoms with Gasteiger partial charge in [-0.25, -0.2) is 0 Å². The minimum atomic E-state index is -2.61. The van der Waals surface area contributed by atoms with Crippen LogP contribution in [0.4, 0.5) is 0 Å². The van der Waals surface area contributed by atoms with Gasteiger partial charge in [0.05, 0.1) is 0 Å². The van der Waals surface area contributed by atoms with E-state index in [9.17, 15) is 0 Å². The van der Waals surface area contributed by atoms with Crippen molar-refractivity contribution in [2.75, 3.05) is 0 Å². The van der Waals surface area contributed by atoms with E-state index in [1.807, 2.05) is 6.33 Å². The molecule has 2 aliphatic rings. The third-order valence-corrected chi connectivity index (χ3v) is 20.3. The molecule has 0 spiro atoms. The van der Waals surface area contributed by atoms with Gasteiger partial charge in [-0.1, -0.05) is 0 Å². The van der Waals surface area contributed by atoms with Gasteiger partial charge in [-0.2, -0.15) is 0 Å². The van der Waals surface area contributed by atoms with Crippen molar-refractivity contribution in [2.24, 2.45) is 0 Å². The zero-order valence-corrected chi connectivity index (χ0v) is 24.7. The predicted molar refractivity (Wildman–Crippen MR) is 133 cm³/mol. The van der Waals surface area contributed by atoms with E-state index < -0.39 is 17.1 Å². The Morgan fingerprint density at radius 1 is 0.938 bits per heavy atom. The molecule has 2 aromatic heterocycles. The number of hydrogen-bond acceptors (Lipinski definition) is 6. The average Bonchev–Trinajstić information content (AvgIpc) is 3.26. The minimum absolute atomic E-state index is 0.0399. The van der Waals surface area contributed by atoms with Crippen molar-refractivity contribution in [2.45, 2.75) is 100 Å². The first kappa shape index (κ1) is 24.8. The van der Waals surface area contributed by atoms with Crippen LogP contribution in [-0.2, 0) is 13.0 Å². The summed E-state index contributed by atoms with van der Waals surface area (Å²) < 4.78 is 23.8. The molecular formula is C21H35ClN4O3SeSi2. The number of nitrogens with zero attached hydrogens (tertiary/aromatic N) is 4. The van der Waals surface area contributed by atoms with Crippen LogP contribution in [0.3, 0.4) is 0 Å². The molecule has 0 radical (unpaired) electrons. The molecule has 2 saturated heterocycles. The number of halogens is 1. The number of imidazole rings is 1. The van der Waals surface area contributed by atoms with E-state index in [0.29, 0.717) is 32.8 Å². The third kappa shape index (κ3) is 3.84. The first-order chi connectivity index (χ1) is 15.0. The summed E-state index contributed by atoms with van der Waals surface area (Å²) in [6, 6.07) is 0. The van der Waals surface area contributed by atoms with E-state index in [0.717, 1.165) is 11.0 Å². The van der Waals surface area contributed by atoms with Crippen molar-refractivity contribution in [3.8, 4) is 0 Å². The fourth-order valence-corrected chi connectivity index (χ4v) is 20.0. The van der Waals surface area contributed by atoms with Gasteiger partial charge in [0.25, 0.3) is 0 Å². The van der Waals surface area contributed by atoms with E-state index in [2.05, 4.69) is 74.9 Å². The van der Waals surface area contributed by atoms with Crippen LogP contribution in [0.15, 0.2) is 12.7 Å².